The first-order chi connectivity index (χ1) is 10.6. The summed E-state index contributed by atoms with van der Waals surface area (Å²) in [5.41, 5.74) is 4.45. The van der Waals surface area contributed by atoms with Gasteiger partial charge in [-0.25, -0.2) is 0 Å². The Balaban J connectivity index is 2.06. The average molecular weight is 307 g/mol. The molecule has 0 aliphatic heterocycles. The van der Waals surface area contributed by atoms with Gasteiger partial charge in [0.05, 0.1) is 0 Å². The molecule has 2 heteroatoms. The third-order valence-corrected chi connectivity index (χ3v) is 3.89. The van der Waals surface area contributed by atoms with Crippen LogP contribution in [-0.2, 0) is 0 Å². The maximum atomic E-state index is 12.8. The second-order valence-electron chi connectivity index (χ2n) is 5.25. The molecular weight excluding hydrogens is 292 g/mol. The maximum absolute atomic E-state index is 12.8. The number of hydrogen-bond acceptors (Lipinski definition) is 1. The van der Waals surface area contributed by atoms with Crippen molar-refractivity contribution in [3.8, 4) is 11.1 Å². The summed E-state index contributed by atoms with van der Waals surface area (Å²) in [5.74, 6) is 0.0329. The van der Waals surface area contributed by atoms with Crippen molar-refractivity contribution >= 4 is 17.4 Å². The van der Waals surface area contributed by atoms with Gasteiger partial charge < -0.3 is 0 Å². The van der Waals surface area contributed by atoms with Gasteiger partial charge in [0.2, 0.25) is 0 Å². The van der Waals surface area contributed by atoms with Crippen molar-refractivity contribution in [3.05, 3.63) is 94.5 Å². The van der Waals surface area contributed by atoms with Crippen LogP contribution in [0.15, 0.2) is 72.8 Å². The van der Waals surface area contributed by atoms with Gasteiger partial charge in [-0.1, -0.05) is 77.8 Å². The Morgan fingerprint density at radius 2 is 1.45 bits per heavy atom. The van der Waals surface area contributed by atoms with E-state index in [1.807, 2.05) is 79.7 Å². The summed E-state index contributed by atoms with van der Waals surface area (Å²) < 4.78 is 0. The van der Waals surface area contributed by atoms with Crippen LogP contribution in [0.3, 0.4) is 0 Å². The Hall–Kier alpha value is -2.38. The van der Waals surface area contributed by atoms with Crippen LogP contribution in [0.2, 0.25) is 5.02 Å². The fourth-order valence-electron chi connectivity index (χ4n) is 2.42. The van der Waals surface area contributed by atoms with Crippen LogP contribution in [0, 0.1) is 6.92 Å². The third-order valence-electron chi connectivity index (χ3n) is 3.64. The Labute approximate surface area is 135 Å². The van der Waals surface area contributed by atoms with Gasteiger partial charge in [-0.2, -0.15) is 0 Å². The summed E-state index contributed by atoms with van der Waals surface area (Å²) in [6.45, 7) is 2.01. The predicted molar refractivity (Wildman–Crippen MR) is 91.5 cm³/mol. The van der Waals surface area contributed by atoms with Crippen LogP contribution >= 0.6 is 11.6 Å². The summed E-state index contributed by atoms with van der Waals surface area (Å²) in [6.07, 6.45) is 0. The Kier molecular flexibility index (Phi) is 4.08. The van der Waals surface area contributed by atoms with E-state index in [9.17, 15) is 4.79 Å². The van der Waals surface area contributed by atoms with E-state index < -0.39 is 0 Å². The molecule has 0 aliphatic carbocycles. The van der Waals surface area contributed by atoms with Crippen molar-refractivity contribution < 1.29 is 4.79 Å². The highest BCUT2D eigenvalue weighted by Gasteiger charge is 2.14. The Morgan fingerprint density at radius 1 is 0.818 bits per heavy atom. The molecule has 22 heavy (non-hydrogen) atoms. The molecule has 3 aromatic carbocycles. The van der Waals surface area contributed by atoms with Crippen molar-refractivity contribution in [2.75, 3.05) is 0 Å². The predicted octanol–water partition coefficient (Wildman–Crippen LogP) is 5.55. The van der Waals surface area contributed by atoms with Crippen LogP contribution < -0.4 is 0 Å². The first-order valence-electron chi connectivity index (χ1n) is 7.11. The fourth-order valence-corrected chi connectivity index (χ4v) is 2.55. The van der Waals surface area contributed by atoms with Gasteiger partial charge >= 0.3 is 0 Å². The summed E-state index contributed by atoms with van der Waals surface area (Å²) in [7, 11) is 0. The molecular formula is C20H15ClO. The molecule has 0 fully saturated rings. The van der Waals surface area contributed by atoms with Crippen molar-refractivity contribution in [1.29, 1.82) is 0 Å². The fraction of sp³-hybridized carbons (Fsp3) is 0.0500. The van der Waals surface area contributed by atoms with E-state index in [2.05, 4.69) is 0 Å². The quantitative estimate of drug-likeness (QED) is 0.580. The highest BCUT2D eigenvalue weighted by atomic mass is 35.5. The van der Waals surface area contributed by atoms with Crippen LogP contribution in [0.4, 0.5) is 0 Å². The van der Waals surface area contributed by atoms with Crippen molar-refractivity contribution in [2.24, 2.45) is 0 Å². The number of ketones is 1. The normalized spacial score (nSPS) is 10.5. The smallest absolute Gasteiger partial charge is 0.193 e. The Morgan fingerprint density at radius 3 is 2.14 bits per heavy atom. The van der Waals surface area contributed by atoms with Crippen molar-refractivity contribution in [3.63, 3.8) is 0 Å². The molecule has 0 saturated carbocycles. The van der Waals surface area contributed by atoms with Gasteiger partial charge in [0.1, 0.15) is 0 Å². The standard InChI is InChI=1S/C20H15ClO/c1-14-6-8-16(9-7-14)20(22)19-5-3-2-4-18(19)15-10-12-17(21)13-11-15/h2-13H,1H3. The lowest BCUT2D eigenvalue weighted by atomic mass is 9.94. The molecule has 0 heterocycles. The van der Waals surface area contributed by atoms with E-state index in [4.69, 9.17) is 11.6 Å². The third kappa shape index (κ3) is 2.95. The molecule has 0 atom stereocenters. The molecule has 0 radical (unpaired) electrons. The monoisotopic (exact) mass is 306 g/mol. The molecule has 0 unspecified atom stereocenters. The molecule has 0 bridgehead atoms. The highest BCUT2D eigenvalue weighted by molar-refractivity contribution is 6.30. The molecule has 0 aliphatic rings. The summed E-state index contributed by atoms with van der Waals surface area (Å²) >= 11 is 5.95. The van der Waals surface area contributed by atoms with E-state index in [1.54, 1.807) is 0 Å². The van der Waals surface area contributed by atoms with Crippen molar-refractivity contribution in [2.45, 2.75) is 6.92 Å². The SMILES string of the molecule is Cc1ccc(C(=O)c2ccccc2-c2ccc(Cl)cc2)cc1. The molecule has 1 nitrogen and oxygen atoms in total. The lowest BCUT2D eigenvalue weighted by Gasteiger charge is -2.09. The molecule has 0 spiro atoms. The van der Waals surface area contributed by atoms with Crippen molar-refractivity contribution in [1.82, 2.24) is 0 Å². The minimum absolute atomic E-state index is 0.0329. The van der Waals surface area contributed by atoms with E-state index >= 15 is 0 Å². The number of benzene rings is 3. The lowest BCUT2D eigenvalue weighted by Crippen LogP contribution is -2.03. The second kappa shape index (κ2) is 6.17. The molecule has 0 amide bonds. The molecule has 3 aromatic rings. The molecule has 0 N–H and O–H groups in total. The first kappa shape index (κ1) is 14.6. The second-order valence-corrected chi connectivity index (χ2v) is 5.68. The summed E-state index contributed by atoms with van der Waals surface area (Å²) in [4.78, 5) is 12.8. The van der Waals surface area contributed by atoms with Gasteiger partial charge in [-0.05, 0) is 30.2 Å². The maximum Gasteiger partial charge on any atom is 0.193 e. The minimum Gasteiger partial charge on any atom is -0.289 e. The van der Waals surface area contributed by atoms with Gasteiger partial charge in [0, 0.05) is 16.1 Å². The zero-order chi connectivity index (χ0) is 15.5. The van der Waals surface area contributed by atoms with Crippen LogP contribution in [-0.4, -0.2) is 5.78 Å². The zero-order valence-electron chi connectivity index (χ0n) is 12.2. The van der Waals surface area contributed by atoms with Crippen LogP contribution in [0.1, 0.15) is 21.5 Å². The van der Waals surface area contributed by atoms with Gasteiger partial charge in [0.25, 0.3) is 0 Å². The number of rotatable bonds is 3. The van der Waals surface area contributed by atoms with Gasteiger partial charge in [0.15, 0.2) is 5.78 Å². The summed E-state index contributed by atoms with van der Waals surface area (Å²) in [6, 6.07) is 22.9. The first-order valence-corrected chi connectivity index (χ1v) is 7.49. The summed E-state index contributed by atoms with van der Waals surface area (Å²) in [5, 5.41) is 0.686. The molecule has 108 valence electrons. The average Bonchev–Trinajstić information content (AvgIpc) is 2.56. The van der Waals surface area contributed by atoms with E-state index in [-0.39, 0.29) is 5.78 Å². The molecule has 0 aromatic heterocycles. The van der Waals surface area contributed by atoms with E-state index in [1.165, 1.54) is 0 Å². The number of carbonyl (C=O) groups excluding carboxylic acids is 1. The number of hydrogen-bond donors (Lipinski definition) is 0. The lowest BCUT2D eigenvalue weighted by molar-refractivity contribution is 0.103. The van der Waals surface area contributed by atoms with Crippen LogP contribution in [0.5, 0.6) is 0 Å². The minimum atomic E-state index is 0.0329. The molecule has 0 saturated heterocycles. The van der Waals surface area contributed by atoms with E-state index in [0.717, 1.165) is 16.7 Å². The van der Waals surface area contributed by atoms with Gasteiger partial charge in [-0.3, -0.25) is 4.79 Å². The topological polar surface area (TPSA) is 17.1 Å². The molecule has 3 rings (SSSR count). The number of carbonyl (C=O) groups is 1. The number of aryl methyl sites for hydroxylation is 1. The number of halogens is 1. The zero-order valence-corrected chi connectivity index (χ0v) is 13.0. The largest absolute Gasteiger partial charge is 0.289 e. The van der Waals surface area contributed by atoms with Crippen LogP contribution in [0.25, 0.3) is 11.1 Å². The van der Waals surface area contributed by atoms with E-state index in [0.29, 0.717) is 16.1 Å². The van der Waals surface area contributed by atoms with Gasteiger partial charge in [-0.15, -0.1) is 0 Å². The highest BCUT2D eigenvalue weighted by Crippen LogP contribution is 2.27. The Bertz CT molecular complexity index is 802.